The Bertz CT molecular complexity index is 649. The second-order valence-electron chi connectivity index (χ2n) is 5.71. The van der Waals surface area contributed by atoms with Crippen molar-refractivity contribution in [1.29, 1.82) is 0 Å². The Kier molecular flexibility index (Phi) is 6.41. The maximum atomic E-state index is 6.10. The third-order valence-corrected chi connectivity index (χ3v) is 4.65. The van der Waals surface area contributed by atoms with Gasteiger partial charge in [0.15, 0.2) is 6.29 Å². The van der Waals surface area contributed by atoms with Gasteiger partial charge in [0.1, 0.15) is 0 Å². The Morgan fingerprint density at radius 1 is 0.750 bits per heavy atom. The van der Waals surface area contributed by atoms with Crippen LogP contribution in [0.25, 0.3) is 0 Å². The first-order valence-electron chi connectivity index (χ1n) is 8.20. The number of halogens is 1. The van der Waals surface area contributed by atoms with Crippen molar-refractivity contribution in [1.82, 2.24) is 0 Å². The quantitative estimate of drug-likeness (QED) is 0.566. The molecule has 3 heteroatoms. The molecule has 0 saturated carbocycles. The van der Waals surface area contributed by atoms with Crippen LogP contribution in [0.2, 0.25) is 0 Å². The number of hydrogen-bond acceptors (Lipinski definition) is 2. The lowest BCUT2D eigenvalue weighted by molar-refractivity contribution is -0.131. The highest BCUT2D eigenvalue weighted by Crippen LogP contribution is 2.29. The van der Waals surface area contributed by atoms with Gasteiger partial charge in [-0.25, -0.2) is 0 Å². The van der Waals surface area contributed by atoms with Gasteiger partial charge in [-0.2, -0.15) is 0 Å². The molecule has 3 rings (SSSR count). The van der Waals surface area contributed by atoms with Crippen LogP contribution in [0.1, 0.15) is 24.0 Å². The fourth-order valence-corrected chi connectivity index (χ4v) is 3.17. The second kappa shape index (κ2) is 8.97. The van der Waals surface area contributed by atoms with E-state index in [1.54, 1.807) is 0 Å². The summed E-state index contributed by atoms with van der Waals surface area (Å²) < 4.78 is 13.3. The van der Waals surface area contributed by atoms with Crippen molar-refractivity contribution in [3.8, 4) is 0 Å². The molecule has 0 atom stereocenters. The standard InChI is InChI=1S/C21H21BrO2/c22-20-14-8-7-13-19(20)21(23-15-17-9-3-1-4-10-17)24-16-18-11-5-2-6-12-18/h1-6,9-14,21H,7-8,15-16H2. The normalized spacial score (nSPS) is 14.4. The average molecular weight is 385 g/mol. The van der Waals surface area contributed by atoms with Crippen molar-refractivity contribution in [3.05, 3.63) is 94.0 Å². The molecule has 0 aromatic heterocycles. The average Bonchev–Trinajstić information content (AvgIpc) is 2.64. The predicted molar refractivity (Wildman–Crippen MR) is 101 cm³/mol. The summed E-state index contributed by atoms with van der Waals surface area (Å²) in [7, 11) is 0. The van der Waals surface area contributed by atoms with Crippen LogP contribution in [0.3, 0.4) is 0 Å². The van der Waals surface area contributed by atoms with Crippen LogP contribution in [0.4, 0.5) is 0 Å². The summed E-state index contributed by atoms with van der Waals surface area (Å²) in [5.41, 5.74) is 3.36. The summed E-state index contributed by atoms with van der Waals surface area (Å²) in [5.74, 6) is 0. The summed E-state index contributed by atoms with van der Waals surface area (Å²) in [4.78, 5) is 0. The molecule has 2 aromatic rings. The minimum absolute atomic E-state index is 0.378. The van der Waals surface area contributed by atoms with Crippen molar-refractivity contribution in [2.45, 2.75) is 32.3 Å². The molecule has 0 saturated heterocycles. The van der Waals surface area contributed by atoms with Crippen molar-refractivity contribution >= 4 is 15.9 Å². The van der Waals surface area contributed by atoms with Crippen LogP contribution in [0.15, 0.2) is 82.9 Å². The summed E-state index contributed by atoms with van der Waals surface area (Å²) in [5, 5.41) is 0. The van der Waals surface area contributed by atoms with Gasteiger partial charge in [-0.15, -0.1) is 0 Å². The monoisotopic (exact) mass is 384 g/mol. The fraction of sp³-hybridized carbons (Fsp3) is 0.238. The summed E-state index contributed by atoms with van der Waals surface area (Å²) in [6.07, 6.45) is 6.07. The fourth-order valence-electron chi connectivity index (χ4n) is 2.59. The molecule has 0 radical (unpaired) electrons. The molecule has 0 aliphatic heterocycles. The third-order valence-electron chi connectivity index (χ3n) is 3.87. The first-order valence-corrected chi connectivity index (χ1v) is 8.99. The molecule has 0 heterocycles. The van der Waals surface area contributed by atoms with E-state index in [1.165, 1.54) is 0 Å². The molecular weight excluding hydrogens is 364 g/mol. The van der Waals surface area contributed by atoms with Gasteiger partial charge in [-0.05, 0) is 24.0 Å². The summed E-state index contributed by atoms with van der Waals surface area (Å²) in [6, 6.07) is 20.4. The van der Waals surface area contributed by atoms with Gasteiger partial charge in [-0.1, -0.05) is 88.7 Å². The number of allylic oxidation sites excluding steroid dienone is 2. The van der Waals surface area contributed by atoms with Gasteiger partial charge in [0.05, 0.1) is 13.2 Å². The smallest absolute Gasteiger partial charge is 0.185 e. The van der Waals surface area contributed by atoms with Crippen LogP contribution in [-0.4, -0.2) is 6.29 Å². The Hall–Kier alpha value is -1.68. The van der Waals surface area contributed by atoms with E-state index in [1.807, 2.05) is 36.4 Å². The van der Waals surface area contributed by atoms with E-state index in [0.717, 1.165) is 34.0 Å². The molecule has 0 amide bonds. The molecule has 1 aliphatic carbocycles. The van der Waals surface area contributed by atoms with E-state index in [9.17, 15) is 0 Å². The van der Waals surface area contributed by atoms with E-state index < -0.39 is 0 Å². The molecular formula is C21H21BrO2. The molecule has 0 spiro atoms. The van der Waals surface area contributed by atoms with E-state index in [-0.39, 0.29) is 6.29 Å². The number of hydrogen-bond donors (Lipinski definition) is 0. The molecule has 2 nitrogen and oxygen atoms in total. The number of ether oxygens (including phenoxy) is 2. The van der Waals surface area contributed by atoms with Crippen molar-refractivity contribution in [3.63, 3.8) is 0 Å². The van der Waals surface area contributed by atoms with E-state index >= 15 is 0 Å². The molecule has 2 aromatic carbocycles. The zero-order chi connectivity index (χ0) is 16.6. The van der Waals surface area contributed by atoms with Crippen LogP contribution in [0.5, 0.6) is 0 Å². The SMILES string of the molecule is BrC1=CCCC=C1C(OCc1ccccc1)OCc1ccccc1. The Morgan fingerprint density at radius 2 is 1.25 bits per heavy atom. The minimum Gasteiger partial charge on any atom is -0.344 e. The zero-order valence-corrected chi connectivity index (χ0v) is 15.1. The molecule has 0 fully saturated rings. The Balaban J connectivity index is 1.68. The van der Waals surface area contributed by atoms with E-state index in [2.05, 4.69) is 52.3 Å². The lowest BCUT2D eigenvalue weighted by Gasteiger charge is -2.23. The predicted octanol–water partition coefficient (Wildman–Crippen LogP) is 5.75. The Labute approximate surface area is 151 Å². The van der Waals surface area contributed by atoms with Crippen LogP contribution < -0.4 is 0 Å². The van der Waals surface area contributed by atoms with E-state index in [4.69, 9.17) is 9.47 Å². The number of rotatable bonds is 7. The molecule has 124 valence electrons. The minimum atomic E-state index is -0.378. The van der Waals surface area contributed by atoms with Gasteiger partial charge in [0, 0.05) is 10.1 Å². The van der Waals surface area contributed by atoms with Gasteiger partial charge in [-0.3, -0.25) is 0 Å². The Morgan fingerprint density at radius 3 is 1.75 bits per heavy atom. The maximum absolute atomic E-state index is 6.10. The maximum Gasteiger partial charge on any atom is 0.185 e. The highest BCUT2D eigenvalue weighted by molar-refractivity contribution is 9.12. The summed E-state index contributed by atoms with van der Waals surface area (Å²) >= 11 is 3.64. The van der Waals surface area contributed by atoms with Crippen molar-refractivity contribution in [2.24, 2.45) is 0 Å². The largest absolute Gasteiger partial charge is 0.344 e. The number of benzene rings is 2. The topological polar surface area (TPSA) is 18.5 Å². The van der Waals surface area contributed by atoms with Crippen LogP contribution in [-0.2, 0) is 22.7 Å². The first kappa shape index (κ1) is 17.2. The molecule has 0 N–H and O–H groups in total. The lowest BCUT2D eigenvalue weighted by atomic mass is 10.1. The van der Waals surface area contributed by atoms with Gasteiger partial charge >= 0.3 is 0 Å². The molecule has 0 bridgehead atoms. The van der Waals surface area contributed by atoms with Crippen molar-refractivity contribution < 1.29 is 9.47 Å². The van der Waals surface area contributed by atoms with E-state index in [0.29, 0.717) is 13.2 Å². The molecule has 24 heavy (non-hydrogen) atoms. The highest BCUT2D eigenvalue weighted by atomic mass is 79.9. The van der Waals surface area contributed by atoms with Gasteiger partial charge in [0.25, 0.3) is 0 Å². The van der Waals surface area contributed by atoms with Crippen LogP contribution in [0, 0.1) is 0 Å². The second-order valence-corrected chi connectivity index (χ2v) is 6.57. The van der Waals surface area contributed by atoms with Gasteiger partial charge in [0.2, 0.25) is 0 Å². The highest BCUT2D eigenvalue weighted by Gasteiger charge is 2.20. The van der Waals surface area contributed by atoms with Crippen LogP contribution >= 0.6 is 15.9 Å². The van der Waals surface area contributed by atoms with Crippen molar-refractivity contribution in [2.75, 3.05) is 0 Å². The van der Waals surface area contributed by atoms with Gasteiger partial charge < -0.3 is 9.47 Å². The molecule has 1 aliphatic rings. The summed E-state index contributed by atoms with van der Waals surface area (Å²) in [6.45, 7) is 1.05. The first-order chi connectivity index (χ1) is 11.8. The third kappa shape index (κ3) is 4.91. The molecule has 0 unspecified atom stereocenters. The zero-order valence-electron chi connectivity index (χ0n) is 13.5. The lowest BCUT2D eigenvalue weighted by Crippen LogP contribution is -2.21.